The number of hydrogen-bond acceptors (Lipinski definition) is 4. The van der Waals surface area contributed by atoms with Crippen LogP contribution in [0.3, 0.4) is 0 Å². The van der Waals surface area contributed by atoms with Crippen molar-refractivity contribution in [1.82, 2.24) is 10.2 Å². The quantitative estimate of drug-likeness (QED) is 0.601. The molecule has 1 saturated heterocycles. The third-order valence-electron chi connectivity index (χ3n) is 4.84. The summed E-state index contributed by atoms with van der Waals surface area (Å²) in [5, 5.41) is 2.97. The summed E-state index contributed by atoms with van der Waals surface area (Å²) in [7, 11) is -3.03. The minimum atomic E-state index is -3.03. The maximum absolute atomic E-state index is 12.4. The standard InChI is InChI=1S/C16H28N2O4S/c1-2-18(14-9-10-23(21,22)12-14)16(20)11-15(19)17-13-7-5-3-4-6-8-13/h13-14H,2-12H2,1H3,(H,17,19). The lowest BCUT2D eigenvalue weighted by Crippen LogP contribution is -2.44. The van der Waals surface area contributed by atoms with E-state index in [9.17, 15) is 18.0 Å². The van der Waals surface area contributed by atoms with Crippen molar-refractivity contribution in [3.05, 3.63) is 0 Å². The molecule has 0 aromatic carbocycles. The lowest BCUT2D eigenvalue weighted by atomic mass is 10.1. The van der Waals surface area contributed by atoms with E-state index in [2.05, 4.69) is 5.32 Å². The van der Waals surface area contributed by atoms with E-state index in [1.54, 1.807) is 4.90 Å². The summed E-state index contributed by atoms with van der Waals surface area (Å²) in [6, 6.07) is -0.0945. The second-order valence-electron chi connectivity index (χ2n) is 6.67. The number of sulfone groups is 1. The molecule has 0 spiro atoms. The molecule has 7 heteroatoms. The second kappa shape index (κ2) is 8.13. The summed E-state index contributed by atoms with van der Waals surface area (Å²) in [4.78, 5) is 26.0. The van der Waals surface area contributed by atoms with E-state index < -0.39 is 9.84 Å². The molecule has 0 aromatic rings. The van der Waals surface area contributed by atoms with Gasteiger partial charge in [0, 0.05) is 18.6 Å². The van der Waals surface area contributed by atoms with Gasteiger partial charge in [-0.2, -0.15) is 0 Å². The second-order valence-corrected chi connectivity index (χ2v) is 8.90. The van der Waals surface area contributed by atoms with E-state index in [0.29, 0.717) is 13.0 Å². The summed E-state index contributed by atoms with van der Waals surface area (Å²) in [6.07, 6.45) is 6.94. The van der Waals surface area contributed by atoms with Crippen molar-refractivity contribution < 1.29 is 18.0 Å². The number of carbonyl (C=O) groups is 2. The average molecular weight is 344 g/mol. The summed E-state index contributed by atoms with van der Waals surface area (Å²) < 4.78 is 23.2. The Morgan fingerprint density at radius 1 is 1.09 bits per heavy atom. The molecule has 2 amide bonds. The zero-order chi connectivity index (χ0) is 16.9. The van der Waals surface area contributed by atoms with Crippen molar-refractivity contribution in [1.29, 1.82) is 0 Å². The highest BCUT2D eigenvalue weighted by Crippen LogP contribution is 2.19. The Morgan fingerprint density at radius 2 is 1.74 bits per heavy atom. The van der Waals surface area contributed by atoms with Crippen molar-refractivity contribution in [2.24, 2.45) is 0 Å². The predicted molar refractivity (Wildman–Crippen MR) is 88.7 cm³/mol. The van der Waals surface area contributed by atoms with Crippen LogP contribution in [0.1, 0.15) is 58.3 Å². The minimum Gasteiger partial charge on any atom is -0.353 e. The first-order valence-corrected chi connectivity index (χ1v) is 10.5. The molecular weight excluding hydrogens is 316 g/mol. The van der Waals surface area contributed by atoms with Crippen molar-refractivity contribution in [2.75, 3.05) is 18.1 Å². The molecule has 0 aromatic heterocycles. The van der Waals surface area contributed by atoms with Gasteiger partial charge in [0.1, 0.15) is 6.42 Å². The fourth-order valence-electron chi connectivity index (χ4n) is 3.60. The number of nitrogens with zero attached hydrogens (tertiary/aromatic N) is 1. The maximum Gasteiger partial charge on any atom is 0.232 e. The van der Waals surface area contributed by atoms with E-state index in [4.69, 9.17) is 0 Å². The van der Waals surface area contributed by atoms with E-state index in [-0.39, 0.29) is 41.8 Å². The number of nitrogens with one attached hydrogen (secondary N) is 1. The van der Waals surface area contributed by atoms with Crippen LogP contribution in [0.25, 0.3) is 0 Å². The Kier molecular flexibility index (Phi) is 6.44. The molecule has 1 N–H and O–H groups in total. The Morgan fingerprint density at radius 3 is 2.26 bits per heavy atom. The SMILES string of the molecule is CCN(C(=O)CC(=O)NC1CCCCCC1)C1CCS(=O)(=O)C1. The van der Waals surface area contributed by atoms with Gasteiger partial charge in [-0.05, 0) is 26.2 Å². The first-order chi connectivity index (χ1) is 10.9. The van der Waals surface area contributed by atoms with Crippen LogP contribution >= 0.6 is 0 Å². The molecule has 1 saturated carbocycles. The van der Waals surface area contributed by atoms with Crippen LogP contribution < -0.4 is 5.32 Å². The molecular formula is C16H28N2O4S. The molecule has 2 rings (SSSR count). The molecule has 1 unspecified atom stereocenters. The molecule has 1 aliphatic heterocycles. The monoisotopic (exact) mass is 344 g/mol. The first-order valence-electron chi connectivity index (χ1n) is 8.70. The van der Waals surface area contributed by atoms with Crippen LogP contribution in [0.2, 0.25) is 0 Å². The third kappa shape index (κ3) is 5.48. The molecule has 0 bridgehead atoms. The summed E-state index contributed by atoms with van der Waals surface area (Å²) >= 11 is 0. The third-order valence-corrected chi connectivity index (χ3v) is 6.59. The van der Waals surface area contributed by atoms with Crippen LogP contribution in [0.15, 0.2) is 0 Å². The Labute approximate surface area is 138 Å². The molecule has 1 heterocycles. The van der Waals surface area contributed by atoms with E-state index in [1.807, 2.05) is 6.92 Å². The van der Waals surface area contributed by atoms with Gasteiger partial charge in [0.25, 0.3) is 0 Å². The number of amides is 2. The molecule has 2 fully saturated rings. The first kappa shape index (κ1) is 18.2. The Balaban J connectivity index is 1.85. The van der Waals surface area contributed by atoms with Gasteiger partial charge in [0.15, 0.2) is 9.84 Å². The maximum atomic E-state index is 12.4. The Hall–Kier alpha value is -1.11. The van der Waals surface area contributed by atoms with Gasteiger partial charge < -0.3 is 10.2 Å². The van der Waals surface area contributed by atoms with E-state index in [0.717, 1.165) is 25.7 Å². The Bertz CT molecular complexity index is 524. The smallest absolute Gasteiger partial charge is 0.232 e. The highest BCUT2D eigenvalue weighted by Gasteiger charge is 2.34. The van der Waals surface area contributed by atoms with Crippen molar-refractivity contribution in [2.45, 2.75) is 70.4 Å². The zero-order valence-corrected chi connectivity index (χ0v) is 14.7. The predicted octanol–water partition coefficient (Wildman–Crippen LogP) is 1.25. The highest BCUT2D eigenvalue weighted by atomic mass is 32.2. The molecule has 23 heavy (non-hydrogen) atoms. The summed E-state index contributed by atoms with van der Waals surface area (Å²) in [5.41, 5.74) is 0. The van der Waals surface area contributed by atoms with E-state index >= 15 is 0 Å². The molecule has 2 aliphatic rings. The van der Waals surface area contributed by atoms with Crippen LogP contribution in [-0.4, -0.2) is 55.3 Å². The molecule has 6 nitrogen and oxygen atoms in total. The number of rotatable bonds is 5. The van der Waals surface area contributed by atoms with Gasteiger partial charge in [-0.3, -0.25) is 9.59 Å². The van der Waals surface area contributed by atoms with Crippen LogP contribution in [0.5, 0.6) is 0 Å². The number of carbonyl (C=O) groups excluding carboxylic acids is 2. The minimum absolute atomic E-state index is 0.0246. The average Bonchev–Trinajstić information content (AvgIpc) is 2.68. The van der Waals surface area contributed by atoms with Crippen LogP contribution in [-0.2, 0) is 19.4 Å². The molecule has 1 atom stereocenters. The van der Waals surface area contributed by atoms with Gasteiger partial charge in [-0.1, -0.05) is 25.7 Å². The fraction of sp³-hybridized carbons (Fsp3) is 0.875. The normalized spacial score (nSPS) is 24.8. The lowest BCUT2D eigenvalue weighted by molar-refractivity contribution is -0.137. The lowest BCUT2D eigenvalue weighted by Gasteiger charge is -2.27. The van der Waals surface area contributed by atoms with E-state index in [1.165, 1.54) is 12.8 Å². The topological polar surface area (TPSA) is 83.6 Å². The van der Waals surface area contributed by atoms with Crippen LogP contribution in [0, 0.1) is 0 Å². The largest absolute Gasteiger partial charge is 0.353 e. The van der Waals surface area contributed by atoms with Crippen molar-refractivity contribution >= 4 is 21.7 Å². The van der Waals surface area contributed by atoms with Crippen molar-refractivity contribution in [3.8, 4) is 0 Å². The molecule has 0 radical (unpaired) electrons. The molecule has 1 aliphatic carbocycles. The van der Waals surface area contributed by atoms with Gasteiger partial charge >= 0.3 is 0 Å². The van der Waals surface area contributed by atoms with Gasteiger partial charge in [0.05, 0.1) is 11.5 Å². The highest BCUT2D eigenvalue weighted by molar-refractivity contribution is 7.91. The van der Waals surface area contributed by atoms with Gasteiger partial charge in [-0.15, -0.1) is 0 Å². The summed E-state index contributed by atoms with van der Waals surface area (Å²) in [6.45, 7) is 2.27. The van der Waals surface area contributed by atoms with Crippen LogP contribution in [0.4, 0.5) is 0 Å². The zero-order valence-electron chi connectivity index (χ0n) is 13.9. The summed E-state index contributed by atoms with van der Waals surface area (Å²) in [5.74, 6) is -0.339. The number of hydrogen-bond donors (Lipinski definition) is 1. The van der Waals surface area contributed by atoms with Crippen molar-refractivity contribution in [3.63, 3.8) is 0 Å². The van der Waals surface area contributed by atoms with Gasteiger partial charge in [0.2, 0.25) is 11.8 Å². The van der Waals surface area contributed by atoms with Gasteiger partial charge in [-0.25, -0.2) is 8.42 Å². The molecule has 132 valence electrons. The fourth-order valence-corrected chi connectivity index (χ4v) is 5.33.